The molecule has 1 aromatic carbocycles. The summed E-state index contributed by atoms with van der Waals surface area (Å²) in [6, 6.07) is 8.08. The van der Waals surface area contributed by atoms with Gasteiger partial charge in [-0.25, -0.2) is 0 Å². The van der Waals surface area contributed by atoms with Crippen molar-refractivity contribution in [1.82, 2.24) is 20.5 Å². The molecule has 184 valence electrons. The van der Waals surface area contributed by atoms with Crippen LogP contribution in [0.5, 0.6) is 5.75 Å². The summed E-state index contributed by atoms with van der Waals surface area (Å²) in [6.07, 6.45) is 5.53. The second kappa shape index (κ2) is 9.25. The highest BCUT2D eigenvalue weighted by molar-refractivity contribution is 6.02. The molecule has 3 atom stereocenters. The number of nitrogens with one attached hydrogen (secondary N) is 3. The van der Waals surface area contributed by atoms with Crippen LogP contribution in [0, 0.1) is 22.7 Å². The Morgan fingerprint density at radius 1 is 1.34 bits per heavy atom. The highest BCUT2D eigenvalue weighted by Gasteiger charge is 2.52. The van der Waals surface area contributed by atoms with Gasteiger partial charge in [-0.05, 0) is 62.1 Å². The van der Waals surface area contributed by atoms with Gasteiger partial charge < -0.3 is 25.3 Å². The van der Waals surface area contributed by atoms with E-state index in [9.17, 15) is 19.6 Å². The van der Waals surface area contributed by atoms with Crippen molar-refractivity contribution in [3.63, 3.8) is 0 Å². The zero-order valence-electron chi connectivity index (χ0n) is 19.9. The van der Waals surface area contributed by atoms with Gasteiger partial charge in [0.05, 0.1) is 13.2 Å². The molecule has 1 aliphatic carbocycles. The molecule has 2 aliphatic heterocycles. The van der Waals surface area contributed by atoms with Crippen molar-refractivity contribution in [2.24, 2.45) is 11.3 Å². The lowest BCUT2D eigenvalue weighted by Crippen LogP contribution is -2.49. The standard InChI is InChI=1S/C26H31N5O4/c1-35-22-7-2-6-19-18(22)12-20(30-19)25(34)31-15-26(8-4-9-26)13-21(31)24(33)29-17(14-27)11-16-5-3-10-28-23(16)32/h2,6-7,12,16-17,21,30H,3-5,8-11,13,15H2,1H3,(H,28,32)(H,29,33)/t16-,17-,21-/m0/s1. The molecule has 2 aromatic rings. The Morgan fingerprint density at radius 3 is 2.86 bits per heavy atom. The van der Waals surface area contributed by atoms with Crippen LogP contribution in [-0.2, 0) is 9.59 Å². The van der Waals surface area contributed by atoms with Crippen molar-refractivity contribution in [2.45, 2.75) is 57.0 Å². The van der Waals surface area contributed by atoms with Crippen molar-refractivity contribution in [3.05, 3.63) is 30.0 Å². The van der Waals surface area contributed by atoms with E-state index in [1.807, 2.05) is 18.2 Å². The van der Waals surface area contributed by atoms with Crippen LogP contribution in [0.2, 0.25) is 0 Å². The van der Waals surface area contributed by atoms with Gasteiger partial charge in [0.15, 0.2) is 0 Å². The predicted octanol–water partition coefficient (Wildman–Crippen LogP) is 2.49. The maximum atomic E-state index is 13.6. The summed E-state index contributed by atoms with van der Waals surface area (Å²) in [5.41, 5.74) is 1.17. The van der Waals surface area contributed by atoms with E-state index in [2.05, 4.69) is 21.7 Å². The van der Waals surface area contributed by atoms with Crippen LogP contribution in [0.1, 0.15) is 55.4 Å². The smallest absolute Gasteiger partial charge is 0.271 e. The number of H-pyrrole nitrogens is 1. The average molecular weight is 478 g/mol. The first-order valence-electron chi connectivity index (χ1n) is 12.4. The van der Waals surface area contributed by atoms with E-state index in [1.165, 1.54) is 0 Å². The Bertz CT molecular complexity index is 1190. The summed E-state index contributed by atoms with van der Waals surface area (Å²) in [7, 11) is 1.59. The predicted molar refractivity (Wildman–Crippen MR) is 128 cm³/mol. The minimum Gasteiger partial charge on any atom is -0.496 e. The van der Waals surface area contributed by atoms with Crippen LogP contribution in [0.4, 0.5) is 0 Å². The fourth-order valence-corrected chi connectivity index (χ4v) is 5.88. The zero-order chi connectivity index (χ0) is 24.6. The number of fused-ring (bicyclic) bond motifs is 1. The number of piperidine rings is 1. The van der Waals surface area contributed by atoms with Crippen molar-refractivity contribution < 1.29 is 19.1 Å². The monoisotopic (exact) mass is 477 g/mol. The van der Waals surface area contributed by atoms with Gasteiger partial charge in [-0.15, -0.1) is 0 Å². The number of rotatable bonds is 6. The number of carbonyl (C=O) groups excluding carboxylic acids is 3. The fraction of sp³-hybridized carbons (Fsp3) is 0.538. The number of carbonyl (C=O) groups is 3. The first-order valence-corrected chi connectivity index (χ1v) is 12.4. The van der Waals surface area contributed by atoms with Crippen LogP contribution < -0.4 is 15.4 Å². The van der Waals surface area contributed by atoms with Crippen LogP contribution in [0.25, 0.3) is 10.9 Å². The summed E-state index contributed by atoms with van der Waals surface area (Å²) >= 11 is 0. The molecule has 2 saturated heterocycles. The van der Waals surface area contributed by atoms with Crippen molar-refractivity contribution in [3.8, 4) is 11.8 Å². The Labute approximate surface area is 204 Å². The molecule has 1 saturated carbocycles. The Balaban J connectivity index is 1.35. The lowest BCUT2D eigenvalue weighted by atomic mass is 9.67. The van der Waals surface area contributed by atoms with E-state index < -0.39 is 12.1 Å². The summed E-state index contributed by atoms with van der Waals surface area (Å²) in [5, 5.41) is 16.2. The van der Waals surface area contributed by atoms with Gasteiger partial charge in [0.1, 0.15) is 23.5 Å². The molecule has 3 amide bonds. The molecular weight excluding hydrogens is 446 g/mol. The van der Waals surface area contributed by atoms with E-state index in [1.54, 1.807) is 18.1 Å². The lowest BCUT2D eigenvalue weighted by molar-refractivity contribution is -0.128. The second-order valence-corrected chi connectivity index (χ2v) is 10.2. The third kappa shape index (κ3) is 4.33. The number of likely N-dealkylation sites (tertiary alicyclic amines) is 1. The van der Waals surface area contributed by atoms with Gasteiger partial charge in [0.25, 0.3) is 5.91 Å². The first kappa shape index (κ1) is 23.2. The normalized spacial score (nSPS) is 23.9. The maximum Gasteiger partial charge on any atom is 0.271 e. The number of methoxy groups -OCH3 is 1. The van der Waals surface area contributed by atoms with Crippen LogP contribution >= 0.6 is 0 Å². The molecule has 0 unspecified atom stereocenters. The number of benzene rings is 1. The van der Waals surface area contributed by atoms with E-state index in [4.69, 9.17) is 4.74 Å². The number of aromatic nitrogens is 1. The van der Waals surface area contributed by atoms with Crippen LogP contribution in [0.15, 0.2) is 24.3 Å². The van der Waals surface area contributed by atoms with Crippen molar-refractivity contribution >= 4 is 28.6 Å². The number of aromatic amines is 1. The number of nitrogens with zero attached hydrogens (tertiary/aromatic N) is 2. The maximum absolute atomic E-state index is 13.6. The summed E-state index contributed by atoms with van der Waals surface area (Å²) < 4.78 is 5.42. The van der Waals surface area contributed by atoms with E-state index in [0.29, 0.717) is 37.4 Å². The Morgan fingerprint density at radius 2 is 2.17 bits per heavy atom. The number of amides is 3. The molecule has 3 fully saturated rings. The van der Waals surface area contributed by atoms with Gasteiger partial charge in [-0.1, -0.05) is 12.5 Å². The Hall–Kier alpha value is -3.54. The minimum atomic E-state index is -0.774. The first-order chi connectivity index (χ1) is 16.9. The molecule has 3 aliphatic rings. The largest absolute Gasteiger partial charge is 0.496 e. The van der Waals surface area contributed by atoms with Crippen LogP contribution in [-0.4, -0.2) is 59.9 Å². The fourth-order valence-electron chi connectivity index (χ4n) is 5.88. The average Bonchev–Trinajstić information content (AvgIpc) is 3.47. The molecule has 3 N–H and O–H groups in total. The molecule has 5 rings (SSSR count). The van der Waals surface area contributed by atoms with Gasteiger partial charge in [0, 0.05) is 29.9 Å². The van der Waals surface area contributed by atoms with Crippen LogP contribution in [0.3, 0.4) is 0 Å². The summed E-state index contributed by atoms with van der Waals surface area (Å²) in [5.74, 6) is -0.223. The highest BCUT2D eigenvalue weighted by atomic mass is 16.5. The molecule has 0 bridgehead atoms. The number of nitriles is 1. The number of ether oxygens (including phenoxy) is 1. The van der Waals surface area contributed by atoms with Gasteiger partial charge in [0.2, 0.25) is 11.8 Å². The number of hydrogen-bond acceptors (Lipinski definition) is 5. The quantitative estimate of drug-likeness (QED) is 0.589. The second-order valence-electron chi connectivity index (χ2n) is 10.2. The molecule has 1 spiro atoms. The molecule has 35 heavy (non-hydrogen) atoms. The van der Waals surface area contributed by atoms with Crippen molar-refractivity contribution in [2.75, 3.05) is 20.2 Å². The number of hydrogen-bond donors (Lipinski definition) is 3. The van der Waals surface area contributed by atoms with E-state index in [-0.39, 0.29) is 35.5 Å². The molecule has 3 heterocycles. The third-order valence-corrected chi connectivity index (χ3v) is 7.95. The summed E-state index contributed by atoms with van der Waals surface area (Å²) in [6.45, 7) is 1.18. The summed E-state index contributed by atoms with van der Waals surface area (Å²) in [4.78, 5) is 44.0. The van der Waals surface area contributed by atoms with E-state index >= 15 is 0 Å². The third-order valence-electron chi connectivity index (χ3n) is 7.95. The molecule has 1 aromatic heterocycles. The van der Waals surface area contributed by atoms with Gasteiger partial charge in [-0.2, -0.15) is 5.26 Å². The van der Waals surface area contributed by atoms with E-state index in [0.717, 1.165) is 36.6 Å². The molecular formula is C26H31N5O4. The SMILES string of the molecule is COc1cccc2[nH]c(C(=O)N3CC4(CCC4)C[C@H]3C(=O)N[C@H](C#N)C[C@@H]3CCCNC3=O)cc12. The molecule has 9 heteroatoms. The topological polar surface area (TPSA) is 127 Å². The van der Waals surface area contributed by atoms with Crippen molar-refractivity contribution in [1.29, 1.82) is 5.26 Å². The molecule has 0 radical (unpaired) electrons. The minimum absolute atomic E-state index is 0.0350. The zero-order valence-corrected chi connectivity index (χ0v) is 19.9. The lowest BCUT2D eigenvalue weighted by Gasteiger charge is -2.37. The highest BCUT2D eigenvalue weighted by Crippen LogP contribution is 2.50. The Kier molecular flexibility index (Phi) is 6.13. The van der Waals surface area contributed by atoms with Gasteiger partial charge >= 0.3 is 0 Å². The molecule has 9 nitrogen and oxygen atoms in total. The van der Waals surface area contributed by atoms with Gasteiger partial charge in [-0.3, -0.25) is 14.4 Å².